The van der Waals surface area contributed by atoms with E-state index in [1.165, 1.54) is 6.07 Å². The van der Waals surface area contributed by atoms with E-state index in [4.69, 9.17) is 14.2 Å². The van der Waals surface area contributed by atoms with Crippen molar-refractivity contribution in [2.24, 2.45) is 0 Å². The maximum atomic E-state index is 14.1. The van der Waals surface area contributed by atoms with Crippen molar-refractivity contribution in [3.8, 4) is 22.6 Å². The SMILES string of the molecule is COc1ccc(-n2c([C@H](CCCC=O)Nc3ccc(F)c(F)c3)nc3cc(-c4c(C)noc4C)ccc32)cc1. The van der Waals surface area contributed by atoms with Crippen LogP contribution in [0.25, 0.3) is 27.8 Å². The first-order chi connectivity index (χ1) is 18.9. The van der Waals surface area contributed by atoms with Crippen LogP contribution >= 0.6 is 0 Å². The van der Waals surface area contributed by atoms with Gasteiger partial charge in [-0.1, -0.05) is 11.2 Å². The Morgan fingerprint density at radius 1 is 1.05 bits per heavy atom. The first-order valence-electron chi connectivity index (χ1n) is 12.6. The van der Waals surface area contributed by atoms with Gasteiger partial charge < -0.3 is 19.4 Å². The van der Waals surface area contributed by atoms with Gasteiger partial charge in [0.05, 0.1) is 29.9 Å². The highest BCUT2D eigenvalue weighted by molar-refractivity contribution is 5.85. The number of aromatic nitrogens is 3. The largest absolute Gasteiger partial charge is 0.497 e. The van der Waals surface area contributed by atoms with Crippen molar-refractivity contribution in [1.82, 2.24) is 14.7 Å². The van der Waals surface area contributed by atoms with E-state index in [9.17, 15) is 13.6 Å². The summed E-state index contributed by atoms with van der Waals surface area (Å²) in [5.74, 6) is 0.234. The monoisotopic (exact) mass is 530 g/mol. The van der Waals surface area contributed by atoms with E-state index in [1.54, 1.807) is 7.11 Å². The van der Waals surface area contributed by atoms with E-state index in [2.05, 4.69) is 10.5 Å². The number of fused-ring (bicyclic) bond motifs is 1. The van der Waals surface area contributed by atoms with Gasteiger partial charge in [-0.25, -0.2) is 13.8 Å². The van der Waals surface area contributed by atoms with Crippen LogP contribution in [0.3, 0.4) is 0 Å². The second-order valence-electron chi connectivity index (χ2n) is 9.33. The molecular formula is C30H28F2N4O3. The molecular weight excluding hydrogens is 502 g/mol. The Morgan fingerprint density at radius 3 is 2.51 bits per heavy atom. The third-order valence-corrected chi connectivity index (χ3v) is 6.72. The Bertz CT molecular complexity index is 1610. The highest BCUT2D eigenvalue weighted by atomic mass is 19.2. The van der Waals surface area contributed by atoms with Crippen LogP contribution in [0.4, 0.5) is 14.5 Å². The summed E-state index contributed by atoms with van der Waals surface area (Å²) in [6.07, 6.45) is 2.36. The molecule has 39 heavy (non-hydrogen) atoms. The molecule has 0 fully saturated rings. The zero-order chi connectivity index (χ0) is 27.5. The number of methoxy groups -OCH3 is 1. The van der Waals surface area contributed by atoms with Crippen molar-refractivity contribution in [2.75, 3.05) is 12.4 Å². The highest BCUT2D eigenvalue weighted by Crippen LogP contribution is 2.34. The van der Waals surface area contributed by atoms with Gasteiger partial charge in [0.1, 0.15) is 23.6 Å². The Kier molecular flexibility index (Phi) is 7.40. The fraction of sp³-hybridized carbons (Fsp3) is 0.233. The normalized spacial score (nSPS) is 12.0. The van der Waals surface area contributed by atoms with Crippen molar-refractivity contribution in [2.45, 2.75) is 39.2 Å². The summed E-state index contributed by atoms with van der Waals surface area (Å²) in [7, 11) is 1.61. The van der Waals surface area contributed by atoms with Crippen LogP contribution in [0.5, 0.6) is 5.75 Å². The molecule has 0 aliphatic carbocycles. The molecule has 1 N–H and O–H groups in total. The maximum Gasteiger partial charge on any atom is 0.160 e. The molecule has 0 aliphatic rings. The molecule has 3 aromatic carbocycles. The molecule has 0 unspecified atom stereocenters. The number of rotatable bonds is 10. The Labute approximate surface area is 224 Å². The summed E-state index contributed by atoms with van der Waals surface area (Å²) in [5, 5.41) is 7.40. The van der Waals surface area contributed by atoms with Crippen LogP contribution in [0, 0.1) is 25.5 Å². The molecule has 2 heterocycles. The molecule has 0 radical (unpaired) electrons. The predicted octanol–water partition coefficient (Wildman–Crippen LogP) is 7.11. The van der Waals surface area contributed by atoms with Gasteiger partial charge in [0.2, 0.25) is 0 Å². The van der Waals surface area contributed by atoms with Crippen LogP contribution in [-0.4, -0.2) is 28.1 Å². The van der Waals surface area contributed by atoms with Crippen molar-refractivity contribution in [3.05, 3.63) is 89.6 Å². The lowest BCUT2D eigenvalue weighted by Gasteiger charge is -2.21. The summed E-state index contributed by atoms with van der Waals surface area (Å²) < 4.78 is 40.4. The van der Waals surface area contributed by atoms with E-state index in [0.29, 0.717) is 42.3 Å². The minimum Gasteiger partial charge on any atom is -0.497 e. The molecule has 0 amide bonds. The average molecular weight is 531 g/mol. The molecule has 0 aliphatic heterocycles. The fourth-order valence-corrected chi connectivity index (χ4v) is 4.84. The van der Waals surface area contributed by atoms with Gasteiger partial charge in [-0.3, -0.25) is 4.57 Å². The number of aryl methyl sites for hydroxylation is 2. The number of ether oxygens (including phenoxy) is 1. The summed E-state index contributed by atoms with van der Waals surface area (Å²) in [4.78, 5) is 16.1. The first-order valence-corrected chi connectivity index (χ1v) is 12.6. The van der Waals surface area contributed by atoms with Gasteiger partial charge >= 0.3 is 0 Å². The van der Waals surface area contributed by atoms with E-state index >= 15 is 0 Å². The first kappa shape index (κ1) is 26.1. The molecule has 5 aromatic rings. The Balaban J connectivity index is 1.67. The zero-order valence-corrected chi connectivity index (χ0v) is 21.9. The second kappa shape index (κ2) is 11.1. The number of hydrogen-bond acceptors (Lipinski definition) is 6. The lowest BCUT2D eigenvalue weighted by atomic mass is 10.0. The van der Waals surface area contributed by atoms with E-state index in [0.717, 1.165) is 52.0 Å². The predicted molar refractivity (Wildman–Crippen MR) is 145 cm³/mol. The van der Waals surface area contributed by atoms with Crippen molar-refractivity contribution in [1.29, 1.82) is 0 Å². The number of nitrogens with zero attached hydrogens (tertiary/aromatic N) is 3. The topological polar surface area (TPSA) is 82.2 Å². The second-order valence-corrected chi connectivity index (χ2v) is 9.33. The molecule has 0 spiro atoms. The van der Waals surface area contributed by atoms with Gasteiger partial charge in [0.15, 0.2) is 11.6 Å². The van der Waals surface area contributed by atoms with Crippen LogP contribution in [0.15, 0.2) is 65.2 Å². The minimum atomic E-state index is -0.945. The molecule has 9 heteroatoms. The number of carbonyl (C=O) groups excluding carboxylic acids is 1. The fourth-order valence-electron chi connectivity index (χ4n) is 4.84. The minimum absolute atomic E-state index is 0.370. The molecule has 1 atom stereocenters. The number of nitrogens with one attached hydrogen (secondary N) is 1. The van der Waals surface area contributed by atoms with E-state index in [-0.39, 0.29) is 0 Å². The summed E-state index contributed by atoms with van der Waals surface area (Å²) >= 11 is 0. The summed E-state index contributed by atoms with van der Waals surface area (Å²) in [6, 6.07) is 16.9. The average Bonchev–Trinajstić information content (AvgIpc) is 3.48. The van der Waals surface area contributed by atoms with Crippen LogP contribution in [-0.2, 0) is 4.79 Å². The van der Waals surface area contributed by atoms with Crippen molar-refractivity contribution >= 4 is 23.0 Å². The lowest BCUT2D eigenvalue weighted by molar-refractivity contribution is -0.107. The maximum absolute atomic E-state index is 14.1. The van der Waals surface area contributed by atoms with E-state index < -0.39 is 17.7 Å². The van der Waals surface area contributed by atoms with Crippen molar-refractivity contribution in [3.63, 3.8) is 0 Å². The molecule has 200 valence electrons. The number of imidazole rings is 1. The van der Waals surface area contributed by atoms with Gasteiger partial charge in [-0.15, -0.1) is 0 Å². The molecule has 0 bridgehead atoms. The van der Waals surface area contributed by atoms with Crippen LogP contribution < -0.4 is 10.1 Å². The smallest absolute Gasteiger partial charge is 0.160 e. The summed E-state index contributed by atoms with van der Waals surface area (Å²) in [5.41, 5.74) is 5.49. The molecule has 2 aromatic heterocycles. The summed E-state index contributed by atoms with van der Waals surface area (Å²) in [6.45, 7) is 3.77. The number of benzene rings is 3. The van der Waals surface area contributed by atoms with Gasteiger partial charge in [-0.05, 0) is 80.8 Å². The number of aldehydes is 1. The third kappa shape index (κ3) is 5.25. The van der Waals surface area contributed by atoms with Gasteiger partial charge in [0.25, 0.3) is 0 Å². The number of halogens is 2. The Hall–Kier alpha value is -4.53. The van der Waals surface area contributed by atoms with Crippen LogP contribution in [0.2, 0.25) is 0 Å². The van der Waals surface area contributed by atoms with Gasteiger partial charge in [-0.2, -0.15) is 0 Å². The number of carbonyl (C=O) groups is 1. The third-order valence-electron chi connectivity index (χ3n) is 6.72. The van der Waals surface area contributed by atoms with Gasteiger partial charge in [0, 0.05) is 29.4 Å². The highest BCUT2D eigenvalue weighted by Gasteiger charge is 2.23. The van der Waals surface area contributed by atoms with E-state index in [1.807, 2.05) is 60.9 Å². The molecule has 7 nitrogen and oxygen atoms in total. The van der Waals surface area contributed by atoms with Crippen molar-refractivity contribution < 1.29 is 22.8 Å². The van der Waals surface area contributed by atoms with Crippen LogP contribution in [0.1, 0.15) is 42.6 Å². The lowest BCUT2D eigenvalue weighted by Crippen LogP contribution is -2.16. The quantitative estimate of drug-likeness (QED) is 0.153. The Morgan fingerprint density at radius 2 is 1.85 bits per heavy atom. The molecule has 0 saturated heterocycles. The zero-order valence-electron chi connectivity index (χ0n) is 21.9. The number of hydrogen-bond donors (Lipinski definition) is 1. The standard InChI is InChI=1S/C30H28F2N4O3/c1-18-29(19(2)39-35-18)20-7-14-28-27(16-20)34-30(36(28)22-9-11-23(38-3)12-10-22)26(6-4-5-15-37)33-21-8-13-24(31)25(32)17-21/h7-17,26,33H,4-6H2,1-3H3/t26-/m0/s1. The molecule has 5 rings (SSSR count). The number of unbranched alkanes of at least 4 members (excludes halogenated alkanes) is 1. The number of anilines is 1. The molecule has 0 saturated carbocycles.